The summed E-state index contributed by atoms with van der Waals surface area (Å²) in [5, 5.41) is 13.5. The maximum atomic E-state index is 9.63. The van der Waals surface area contributed by atoms with Crippen molar-refractivity contribution in [3.8, 4) is 5.75 Å². The van der Waals surface area contributed by atoms with Gasteiger partial charge in [-0.3, -0.25) is 0 Å². The second kappa shape index (κ2) is 5.21. The number of rotatable bonds is 4. The molecule has 0 saturated heterocycles. The minimum Gasteiger partial charge on any atom is -0.508 e. The summed E-state index contributed by atoms with van der Waals surface area (Å²) in [7, 11) is 1.95. The highest BCUT2D eigenvalue weighted by molar-refractivity contribution is 6.30. The van der Waals surface area contributed by atoms with Crippen LogP contribution in [0.15, 0.2) is 30.6 Å². The van der Waals surface area contributed by atoms with E-state index in [1.807, 2.05) is 17.8 Å². The van der Waals surface area contributed by atoms with Gasteiger partial charge in [-0.2, -0.15) is 0 Å². The van der Waals surface area contributed by atoms with Gasteiger partial charge in [-0.15, -0.1) is 0 Å². The first-order chi connectivity index (χ1) is 8.16. The highest BCUT2D eigenvalue weighted by Crippen LogP contribution is 2.21. The van der Waals surface area contributed by atoms with Gasteiger partial charge in [0.05, 0.1) is 6.54 Å². The van der Waals surface area contributed by atoms with Crippen LogP contribution in [0.5, 0.6) is 5.75 Å². The lowest BCUT2D eigenvalue weighted by molar-refractivity contribution is 0.463. The molecule has 0 amide bonds. The van der Waals surface area contributed by atoms with E-state index in [2.05, 4.69) is 10.3 Å². The van der Waals surface area contributed by atoms with Gasteiger partial charge >= 0.3 is 0 Å². The van der Waals surface area contributed by atoms with Gasteiger partial charge in [-0.25, -0.2) is 4.98 Å². The van der Waals surface area contributed by atoms with Crippen LogP contribution in [-0.2, 0) is 20.1 Å². The molecule has 0 saturated carbocycles. The number of aryl methyl sites for hydroxylation is 1. The number of aromatic nitrogens is 2. The molecular weight excluding hydrogens is 238 g/mol. The zero-order chi connectivity index (χ0) is 12.3. The number of nitrogens with zero attached hydrogens (tertiary/aromatic N) is 2. The van der Waals surface area contributed by atoms with Crippen LogP contribution >= 0.6 is 11.6 Å². The van der Waals surface area contributed by atoms with Gasteiger partial charge in [0.15, 0.2) is 0 Å². The van der Waals surface area contributed by atoms with Crippen LogP contribution in [0.4, 0.5) is 0 Å². The van der Waals surface area contributed by atoms with E-state index in [4.69, 9.17) is 11.6 Å². The molecule has 17 heavy (non-hydrogen) atoms. The molecule has 1 aromatic heterocycles. The predicted octanol–water partition coefficient (Wildman–Crippen LogP) is 2.07. The monoisotopic (exact) mass is 251 g/mol. The Balaban J connectivity index is 1.94. The summed E-state index contributed by atoms with van der Waals surface area (Å²) in [5.41, 5.74) is 0.784. The number of hydrogen-bond donors (Lipinski definition) is 2. The van der Waals surface area contributed by atoms with Crippen molar-refractivity contribution in [1.29, 1.82) is 0 Å². The third-order valence-electron chi connectivity index (χ3n) is 2.56. The number of imidazole rings is 1. The maximum Gasteiger partial charge on any atom is 0.122 e. The second-order valence-electron chi connectivity index (χ2n) is 3.83. The zero-order valence-corrected chi connectivity index (χ0v) is 10.3. The number of nitrogens with one attached hydrogen (secondary N) is 1. The fraction of sp³-hybridized carbons (Fsp3) is 0.250. The molecule has 0 radical (unpaired) electrons. The standard InChI is InChI=1S/C12H14ClN3O/c1-16-5-4-15-12(16)8-14-7-9-6-10(13)2-3-11(9)17/h2-6,14,17H,7-8H2,1H3. The number of phenols is 1. The lowest BCUT2D eigenvalue weighted by Crippen LogP contribution is -2.15. The van der Waals surface area contributed by atoms with Crippen LogP contribution in [0.25, 0.3) is 0 Å². The Hall–Kier alpha value is -1.52. The molecule has 0 atom stereocenters. The predicted molar refractivity (Wildman–Crippen MR) is 66.9 cm³/mol. The number of halogens is 1. The summed E-state index contributed by atoms with van der Waals surface area (Å²) in [6.07, 6.45) is 3.65. The molecule has 4 nitrogen and oxygen atoms in total. The molecule has 0 unspecified atom stereocenters. The van der Waals surface area contributed by atoms with Crippen LogP contribution in [0.3, 0.4) is 0 Å². The normalized spacial score (nSPS) is 10.7. The molecule has 5 heteroatoms. The molecule has 0 aliphatic rings. The molecule has 1 aromatic carbocycles. The summed E-state index contributed by atoms with van der Waals surface area (Å²) in [4.78, 5) is 4.20. The Labute approximate surface area is 105 Å². The second-order valence-corrected chi connectivity index (χ2v) is 4.27. The SMILES string of the molecule is Cn1ccnc1CNCc1cc(Cl)ccc1O. The molecule has 0 fully saturated rings. The third-order valence-corrected chi connectivity index (χ3v) is 2.80. The van der Waals surface area contributed by atoms with Gasteiger partial charge in [-0.1, -0.05) is 11.6 Å². The van der Waals surface area contributed by atoms with Crippen molar-refractivity contribution in [2.24, 2.45) is 7.05 Å². The first-order valence-electron chi connectivity index (χ1n) is 5.31. The minimum absolute atomic E-state index is 0.252. The molecule has 2 aromatic rings. The van der Waals surface area contributed by atoms with Crippen LogP contribution in [0.2, 0.25) is 5.02 Å². The highest BCUT2D eigenvalue weighted by atomic mass is 35.5. The average Bonchev–Trinajstić information content (AvgIpc) is 2.70. The molecule has 2 N–H and O–H groups in total. The van der Waals surface area contributed by atoms with Crippen molar-refractivity contribution < 1.29 is 5.11 Å². The molecular formula is C12H14ClN3O. The van der Waals surface area contributed by atoms with Crippen LogP contribution in [-0.4, -0.2) is 14.7 Å². The average molecular weight is 252 g/mol. The summed E-state index contributed by atoms with van der Waals surface area (Å²) in [6.45, 7) is 1.20. The van der Waals surface area contributed by atoms with E-state index < -0.39 is 0 Å². The van der Waals surface area contributed by atoms with Gasteiger partial charge < -0.3 is 15.0 Å². The quantitative estimate of drug-likeness (QED) is 0.875. The van der Waals surface area contributed by atoms with E-state index in [1.54, 1.807) is 24.4 Å². The molecule has 90 valence electrons. The molecule has 0 bridgehead atoms. The van der Waals surface area contributed by atoms with Crippen molar-refractivity contribution in [3.63, 3.8) is 0 Å². The van der Waals surface area contributed by atoms with Crippen LogP contribution < -0.4 is 5.32 Å². The van der Waals surface area contributed by atoms with E-state index >= 15 is 0 Å². The fourth-order valence-electron chi connectivity index (χ4n) is 1.57. The Morgan fingerprint density at radius 2 is 2.24 bits per heavy atom. The first-order valence-corrected chi connectivity index (χ1v) is 5.69. The van der Waals surface area contributed by atoms with Crippen molar-refractivity contribution in [3.05, 3.63) is 47.0 Å². The number of benzene rings is 1. The van der Waals surface area contributed by atoms with Gasteiger partial charge in [-0.05, 0) is 18.2 Å². The van der Waals surface area contributed by atoms with E-state index in [0.29, 0.717) is 18.1 Å². The van der Waals surface area contributed by atoms with Crippen molar-refractivity contribution >= 4 is 11.6 Å². The molecule has 2 rings (SSSR count). The van der Waals surface area contributed by atoms with E-state index in [0.717, 1.165) is 11.4 Å². The third kappa shape index (κ3) is 2.99. The Morgan fingerprint density at radius 3 is 2.94 bits per heavy atom. The lowest BCUT2D eigenvalue weighted by atomic mass is 10.2. The molecule has 1 heterocycles. The van der Waals surface area contributed by atoms with Crippen molar-refractivity contribution in [1.82, 2.24) is 14.9 Å². The summed E-state index contributed by atoms with van der Waals surface area (Å²) in [6, 6.07) is 5.02. The largest absolute Gasteiger partial charge is 0.508 e. The summed E-state index contributed by atoms with van der Waals surface area (Å²) < 4.78 is 1.95. The van der Waals surface area contributed by atoms with E-state index in [-0.39, 0.29) is 5.75 Å². The summed E-state index contributed by atoms with van der Waals surface area (Å²) in [5.74, 6) is 1.20. The maximum absolute atomic E-state index is 9.63. The van der Waals surface area contributed by atoms with Gasteiger partial charge in [0.1, 0.15) is 11.6 Å². The molecule has 0 spiro atoms. The first kappa shape index (κ1) is 12.0. The molecule has 0 aliphatic heterocycles. The van der Waals surface area contributed by atoms with E-state index in [9.17, 15) is 5.11 Å². The summed E-state index contributed by atoms with van der Waals surface area (Å²) >= 11 is 5.87. The zero-order valence-electron chi connectivity index (χ0n) is 9.52. The van der Waals surface area contributed by atoms with Crippen LogP contribution in [0.1, 0.15) is 11.4 Å². The number of hydrogen-bond acceptors (Lipinski definition) is 3. The smallest absolute Gasteiger partial charge is 0.122 e. The highest BCUT2D eigenvalue weighted by Gasteiger charge is 2.03. The number of aromatic hydroxyl groups is 1. The van der Waals surface area contributed by atoms with Crippen LogP contribution in [0, 0.1) is 0 Å². The van der Waals surface area contributed by atoms with E-state index in [1.165, 1.54) is 0 Å². The van der Waals surface area contributed by atoms with Crippen molar-refractivity contribution in [2.45, 2.75) is 13.1 Å². The Bertz CT molecular complexity index is 510. The molecule has 0 aliphatic carbocycles. The topological polar surface area (TPSA) is 50.1 Å². The number of phenolic OH excluding ortho intramolecular Hbond substituents is 1. The fourth-order valence-corrected chi connectivity index (χ4v) is 1.77. The van der Waals surface area contributed by atoms with Gasteiger partial charge in [0.25, 0.3) is 0 Å². The minimum atomic E-state index is 0.252. The Morgan fingerprint density at radius 1 is 1.41 bits per heavy atom. The lowest BCUT2D eigenvalue weighted by Gasteiger charge is -2.07. The Kier molecular flexibility index (Phi) is 3.66. The van der Waals surface area contributed by atoms with Gasteiger partial charge in [0, 0.05) is 36.6 Å². The van der Waals surface area contributed by atoms with Gasteiger partial charge in [0.2, 0.25) is 0 Å². The van der Waals surface area contributed by atoms with Crippen molar-refractivity contribution in [2.75, 3.05) is 0 Å².